The second-order valence-corrected chi connectivity index (χ2v) is 1.72. The average Bonchev–Trinajstić information content (AvgIpc) is 2.33. The minimum absolute atomic E-state index is 0.595. The van der Waals surface area contributed by atoms with Crippen molar-refractivity contribution < 1.29 is 4.42 Å². The molecular weight excluding hydrogens is 116 g/mol. The number of hydrogen-bond donors (Lipinski definition) is 0. The van der Waals surface area contributed by atoms with Crippen LogP contribution in [0, 0.1) is 0 Å². The van der Waals surface area contributed by atoms with E-state index in [9.17, 15) is 0 Å². The van der Waals surface area contributed by atoms with Gasteiger partial charge in [-0.1, -0.05) is 0 Å². The molecule has 0 aromatic carbocycles. The highest BCUT2D eigenvalue weighted by molar-refractivity contribution is 5.51. The summed E-state index contributed by atoms with van der Waals surface area (Å²) in [6.45, 7) is 0. The molecule has 0 saturated heterocycles. The van der Waals surface area contributed by atoms with Gasteiger partial charge in [0.2, 0.25) is 5.89 Å². The van der Waals surface area contributed by atoms with Gasteiger partial charge in [-0.05, 0) is 12.1 Å². The highest BCUT2D eigenvalue weighted by Gasteiger charge is 2.02. The van der Waals surface area contributed by atoms with Gasteiger partial charge in [-0.3, -0.25) is 0 Å². The van der Waals surface area contributed by atoms with E-state index in [1.807, 2.05) is 12.1 Å². The molecule has 0 aliphatic carbocycles. The van der Waals surface area contributed by atoms with Crippen LogP contribution in [-0.4, -0.2) is 10.2 Å². The van der Waals surface area contributed by atoms with E-state index in [0.29, 0.717) is 5.89 Å². The van der Waals surface area contributed by atoms with E-state index >= 15 is 0 Å². The smallest absolute Gasteiger partial charge is 0.247 e. The molecule has 0 aromatic heterocycles. The van der Waals surface area contributed by atoms with E-state index in [-0.39, 0.29) is 0 Å². The first-order chi connectivity index (χ1) is 4.47. The molecule has 0 spiro atoms. The summed E-state index contributed by atoms with van der Waals surface area (Å²) < 4.78 is 4.98. The summed E-state index contributed by atoms with van der Waals surface area (Å²) in [6, 6.07) is 3.71. The number of fused-ring (bicyclic) bond motifs is 1. The van der Waals surface area contributed by atoms with E-state index in [1.165, 1.54) is 0 Å². The highest BCUT2D eigenvalue weighted by atomic mass is 16.3. The number of rotatable bonds is 0. The van der Waals surface area contributed by atoms with Crippen LogP contribution < -0.4 is 0 Å². The van der Waals surface area contributed by atoms with E-state index in [0.717, 1.165) is 5.56 Å². The minimum atomic E-state index is 0.595. The molecule has 44 valence electrons. The Kier molecular flexibility index (Phi) is 0.773. The molecule has 2 rings (SSSR count). The van der Waals surface area contributed by atoms with Crippen LogP contribution >= 0.6 is 0 Å². The second kappa shape index (κ2) is 1.55. The van der Waals surface area contributed by atoms with Gasteiger partial charge in [0, 0.05) is 0 Å². The van der Waals surface area contributed by atoms with E-state index in [1.54, 1.807) is 12.5 Å². The van der Waals surface area contributed by atoms with Crippen molar-refractivity contribution in [2.75, 3.05) is 0 Å². The quantitative estimate of drug-likeness (QED) is 0.524. The van der Waals surface area contributed by atoms with Crippen molar-refractivity contribution >= 4 is 0 Å². The molecule has 0 fully saturated rings. The van der Waals surface area contributed by atoms with Gasteiger partial charge in [-0.15, -0.1) is 5.10 Å². The normalized spacial score (nSPS) is 10.2. The van der Waals surface area contributed by atoms with E-state index < -0.39 is 0 Å². The first-order valence-electron chi connectivity index (χ1n) is 2.62. The number of hydrogen-bond acceptors (Lipinski definition) is 3. The molecular formula is C6H4N2O. The maximum absolute atomic E-state index is 4.98. The Bertz CT molecular complexity index is 251. The third-order valence-corrected chi connectivity index (χ3v) is 1.13. The van der Waals surface area contributed by atoms with Gasteiger partial charge >= 0.3 is 0 Å². The molecule has 0 unspecified atom stereocenters. The fourth-order valence-corrected chi connectivity index (χ4v) is 0.709. The van der Waals surface area contributed by atoms with Gasteiger partial charge in [-0.25, -0.2) is 0 Å². The fraction of sp³-hybridized carbons (Fsp3) is 0. The zero-order valence-electron chi connectivity index (χ0n) is 4.61. The standard InChI is InChI=1S/C6H4N2O/c1-2-5-4-7-8-6(5)9-3-1/h1-4H. The van der Waals surface area contributed by atoms with E-state index in [4.69, 9.17) is 4.42 Å². The largest absolute Gasteiger partial charge is 0.445 e. The third-order valence-electron chi connectivity index (χ3n) is 1.13. The summed E-state index contributed by atoms with van der Waals surface area (Å²) in [5, 5.41) is 7.36. The molecule has 0 N–H and O–H groups in total. The molecule has 2 heterocycles. The summed E-state index contributed by atoms with van der Waals surface area (Å²) in [7, 11) is 0. The average molecular weight is 120 g/mol. The summed E-state index contributed by atoms with van der Waals surface area (Å²) in [6.07, 6.45) is 3.25. The molecule has 3 heteroatoms. The van der Waals surface area contributed by atoms with Gasteiger partial charge in [0.1, 0.15) is 0 Å². The van der Waals surface area contributed by atoms with Crippen molar-refractivity contribution in [3.8, 4) is 11.5 Å². The van der Waals surface area contributed by atoms with Crippen molar-refractivity contribution in [1.29, 1.82) is 0 Å². The SMILES string of the molecule is c1coc2nncc-2c1. The molecule has 9 heavy (non-hydrogen) atoms. The molecule has 0 atom stereocenters. The third kappa shape index (κ3) is 0.579. The summed E-state index contributed by atoms with van der Waals surface area (Å²) in [5.74, 6) is 0.595. The summed E-state index contributed by atoms with van der Waals surface area (Å²) in [4.78, 5) is 0. The van der Waals surface area contributed by atoms with Crippen LogP contribution in [0.25, 0.3) is 11.5 Å². The van der Waals surface area contributed by atoms with Gasteiger partial charge in [0.15, 0.2) is 0 Å². The highest BCUT2D eigenvalue weighted by Crippen LogP contribution is 2.15. The van der Waals surface area contributed by atoms with Crippen LogP contribution in [0.4, 0.5) is 0 Å². The maximum atomic E-state index is 4.98. The Morgan fingerprint density at radius 2 is 2.44 bits per heavy atom. The summed E-state index contributed by atoms with van der Waals surface area (Å²) in [5.41, 5.74) is 0.942. The van der Waals surface area contributed by atoms with Crippen molar-refractivity contribution in [2.24, 2.45) is 0 Å². The molecule has 0 amide bonds. The lowest BCUT2D eigenvalue weighted by Gasteiger charge is -1.88. The Balaban J connectivity index is 2.79. The van der Waals surface area contributed by atoms with Crippen molar-refractivity contribution in [2.45, 2.75) is 0 Å². The van der Waals surface area contributed by atoms with Crippen LogP contribution in [-0.2, 0) is 0 Å². The predicted molar refractivity (Wildman–Crippen MR) is 30.9 cm³/mol. The monoisotopic (exact) mass is 120 g/mol. The van der Waals surface area contributed by atoms with Crippen molar-refractivity contribution in [3.63, 3.8) is 0 Å². The lowest BCUT2D eigenvalue weighted by atomic mass is 10.3. The fourth-order valence-electron chi connectivity index (χ4n) is 0.709. The van der Waals surface area contributed by atoms with E-state index in [2.05, 4.69) is 10.2 Å². The van der Waals surface area contributed by atoms with Crippen LogP contribution in [0.3, 0.4) is 0 Å². The maximum Gasteiger partial charge on any atom is 0.247 e. The number of aromatic nitrogens is 2. The molecule has 0 aromatic rings. The Morgan fingerprint density at radius 1 is 1.44 bits per heavy atom. The molecule has 2 aliphatic heterocycles. The molecule has 0 saturated carbocycles. The van der Waals surface area contributed by atoms with Crippen LogP contribution in [0.1, 0.15) is 0 Å². The van der Waals surface area contributed by atoms with Gasteiger partial charge < -0.3 is 4.42 Å². The Hall–Kier alpha value is -1.38. The van der Waals surface area contributed by atoms with Gasteiger partial charge in [-0.2, -0.15) is 5.10 Å². The Morgan fingerprint density at radius 3 is 3.33 bits per heavy atom. The lowest BCUT2D eigenvalue weighted by molar-refractivity contribution is 0.547. The van der Waals surface area contributed by atoms with Crippen molar-refractivity contribution in [1.82, 2.24) is 10.2 Å². The van der Waals surface area contributed by atoms with Crippen LogP contribution in [0.2, 0.25) is 0 Å². The molecule has 0 radical (unpaired) electrons. The zero-order chi connectivity index (χ0) is 6.10. The first kappa shape index (κ1) is 4.49. The van der Waals surface area contributed by atoms with Gasteiger partial charge in [0.25, 0.3) is 0 Å². The van der Waals surface area contributed by atoms with Gasteiger partial charge in [0.05, 0.1) is 18.0 Å². The molecule has 0 bridgehead atoms. The predicted octanol–water partition coefficient (Wildman–Crippen LogP) is 1.17. The Labute approximate surface area is 51.7 Å². The first-order valence-corrected chi connectivity index (χ1v) is 2.62. The van der Waals surface area contributed by atoms with Crippen LogP contribution in [0.15, 0.2) is 29.0 Å². The number of nitrogens with zero attached hydrogens (tertiary/aromatic N) is 2. The minimum Gasteiger partial charge on any atom is -0.445 e. The summed E-state index contributed by atoms with van der Waals surface area (Å²) >= 11 is 0. The molecule has 2 aliphatic rings. The zero-order valence-corrected chi connectivity index (χ0v) is 4.61. The lowest BCUT2D eigenvalue weighted by Crippen LogP contribution is -1.71. The topological polar surface area (TPSA) is 38.9 Å². The second-order valence-electron chi connectivity index (χ2n) is 1.72. The van der Waals surface area contributed by atoms with Crippen molar-refractivity contribution in [3.05, 3.63) is 24.6 Å². The molecule has 3 nitrogen and oxygen atoms in total. The van der Waals surface area contributed by atoms with Crippen LogP contribution in [0.5, 0.6) is 0 Å².